The van der Waals surface area contributed by atoms with Crippen LogP contribution in [0.3, 0.4) is 0 Å². The van der Waals surface area contributed by atoms with Gasteiger partial charge in [-0.1, -0.05) is 12.1 Å². The highest BCUT2D eigenvalue weighted by molar-refractivity contribution is 5.97. The molecule has 1 aliphatic rings. The zero-order valence-electron chi connectivity index (χ0n) is 16.8. The smallest absolute Gasteiger partial charge is 0.229 e. The standard InChI is InChI=1S/C23H23N5O2/c1-16(29)18-4-2-6-20(14-18)25-23(30)19-5-3-13-28(15-19)22-8-7-21(26-27-22)17-9-11-24-12-10-17/h2,4,6-12,14,19H,3,5,13,15H2,1H3,(H,25,30). The van der Waals surface area contributed by atoms with Crippen LogP contribution in [0.2, 0.25) is 0 Å². The van der Waals surface area contributed by atoms with Crippen LogP contribution in [0.5, 0.6) is 0 Å². The highest BCUT2D eigenvalue weighted by Gasteiger charge is 2.27. The van der Waals surface area contributed by atoms with Crippen LogP contribution in [0.1, 0.15) is 30.1 Å². The predicted molar refractivity (Wildman–Crippen MR) is 115 cm³/mol. The summed E-state index contributed by atoms with van der Waals surface area (Å²) in [5.74, 6) is 0.552. The summed E-state index contributed by atoms with van der Waals surface area (Å²) in [4.78, 5) is 30.5. The van der Waals surface area contributed by atoms with Gasteiger partial charge in [-0.3, -0.25) is 14.6 Å². The molecule has 3 aromatic rings. The van der Waals surface area contributed by atoms with Crippen molar-refractivity contribution < 1.29 is 9.59 Å². The summed E-state index contributed by atoms with van der Waals surface area (Å²) in [5.41, 5.74) is 2.99. The lowest BCUT2D eigenvalue weighted by Crippen LogP contribution is -2.41. The minimum atomic E-state index is -0.151. The van der Waals surface area contributed by atoms with Gasteiger partial charge in [-0.05, 0) is 56.2 Å². The Bertz CT molecular complexity index is 1040. The third-order valence-electron chi connectivity index (χ3n) is 5.28. The van der Waals surface area contributed by atoms with Crippen molar-refractivity contribution in [2.75, 3.05) is 23.3 Å². The molecule has 7 heteroatoms. The number of hydrogen-bond acceptors (Lipinski definition) is 6. The van der Waals surface area contributed by atoms with Gasteiger partial charge in [0, 0.05) is 42.3 Å². The highest BCUT2D eigenvalue weighted by atomic mass is 16.2. The molecule has 1 N–H and O–H groups in total. The number of ketones is 1. The van der Waals surface area contributed by atoms with Crippen molar-refractivity contribution in [2.24, 2.45) is 5.92 Å². The van der Waals surface area contributed by atoms with Gasteiger partial charge in [0.25, 0.3) is 0 Å². The molecule has 0 bridgehead atoms. The van der Waals surface area contributed by atoms with Gasteiger partial charge in [-0.15, -0.1) is 10.2 Å². The molecule has 1 atom stereocenters. The molecule has 0 aliphatic carbocycles. The molecule has 2 aromatic heterocycles. The summed E-state index contributed by atoms with van der Waals surface area (Å²) in [7, 11) is 0. The Morgan fingerprint density at radius 2 is 1.90 bits per heavy atom. The number of amides is 1. The van der Waals surface area contributed by atoms with Crippen LogP contribution in [-0.4, -0.2) is 40.0 Å². The highest BCUT2D eigenvalue weighted by Crippen LogP contribution is 2.24. The van der Waals surface area contributed by atoms with Crippen LogP contribution in [0.25, 0.3) is 11.3 Å². The van der Waals surface area contributed by atoms with Crippen LogP contribution in [-0.2, 0) is 4.79 Å². The lowest BCUT2D eigenvalue weighted by atomic mass is 9.97. The van der Waals surface area contributed by atoms with E-state index in [1.165, 1.54) is 6.92 Å². The number of carbonyl (C=O) groups excluding carboxylic acids is 2. The van der Waals surface area contributed by atoms with E-state index in [9.17, 15) is 9.59 Å². The Kier molecular flexibility index (Phi) is 5.79. The first-order chi connectivity index (χ1) is 14.6. The average Bonchev–Trinajstić information content (AvgIpc) is 2.80. The first kappa shape index (κ1) is 19.7. The van der Waals surface area contributed by atoms with Crippen LogP contribution in [0, 0.1) is 5.92 Å². The molecule has 1 aliphatic heterocycles. The third kappa shape index (κ3) is 4.51. The van der Waals surface area contributed by atoms with Crippen molar-refractivity contribution >= 4 is 23.2 Å². The van der Waals surface area contributed by atoms with Gasteiger partial charge >= 0.3 is 0 Å². The van der Waals surface area contributed by atoms with Crippen molar-refractivity contribution in [3.05, 3.63) is 66.5 Å². The van der Waals surface area contributed by atoms with Crippen molar-refractivity contribution in [1.29, 1.82) is 0 Å². The molecule has 7 nitrogen and oxygen atoms in total. The summed E-state index contributed by atoms with van der Waals surface area (Å²) < 4.78 is 0. The van der Waals surface area contributed by atoms with Crippen molar-refractivity contribution in [3.63, 3.8) is 0 Å². The number of benzene rings is 1. The fraction of sp³-hybridized carbons (Fsp3) is 0.261. The van der Waals surface area contributed by atoms with Crippen molar-refractivity contribution in [3.8, 4) is 11.3 Å². The number of Topliss-reactive ketones (excluding diaryl/α,β-unsaturated/α-hetero) is 1. The van der Waals surface area contributed by atoms with Gasteiger partial charge in [0.2, 0.25) is 5.91 Å². The van der Waals surface area contributed by atoms with Gasteiger partial charge in [0.15, 0.2) is 11.6 Å². The minimum Gasteiger partial charge on any atom is -0.354 e. The second kappa shape index (κ2) is 8.82. The van der Waals surface area contributed by atoms with E-state index >= 15 is 0 Å². The summed E-state index contributed by atoms with van der Waals surface area (Å²) in [5, 5.41) is 11.7. The summed E-state index contributed by atoms with van der Waals surface area (Å²) in [6.45, 7) is 2.94. The SMILES string of the molecule is CC(=O)c1cccc(NC(=O)C2CCCN(c3ccc(-c4ccncc4)nn3)C2)c1. The Morgan fingerprint density at radius 1 is 1.07 bits per heavy atom. The summed E-state index contributed by atoms with van der Waals surface area (Å²) in [6.07, 6.45) is 5.17. The number of aromatic nitrogens is 3. The number of hydrogen-bond donors (Lipinski definition) is 1. The second-order valence-corrected chi connectivity index (χ2v) is 7.42. The summed E-state index contributed by atoms with van der Waals surface area (Å²) >= 11 is 0. The Labute approximate surface area is 175 Å². The van der Waals surface area contributed by atoms with Crippen LogP contribution < -0.4 is 10.2 Å². The van der Waals surface area contributed by atoms with Gasteiger partial charge in [-0.2, -0.15) is 0 Å². The lowest BCUT2D eigenvalue weighted by Gasteiger charge is -2.32. The van der Waals surface area contributed by atoms with E-state index in [-0.39, 0.29) is 17.6 Å². The molecule has 0 radical (unpaired) electrons. The van der Waals surface area contributed by atoms with E-state index in [1.807, 2.05) is 24.3 Å². The van der Waals surface area contributed by atoms with Gasteiger partial charge in [-0.25, -0.2) is 0 Å². The molecule has 1 unspecified atom stereocenters. The number of piperidine rings is 1. The number of carbonyl (C=O) groups is 2. The van der Waals surface area contributed by atoms with E-state index in [2.05, 4.69) is 25.4 Å². The van der Waals surface area contributed by atoms with Gasteiger partial charge in [0.05, 0.1) is 11.6 Å². The first-order valence-corrected chi connectivity index (χ1v) is 10.0. The summed E-state index contributed by atoms with van der Waals surface area (Å²) in [6, 6.07) is 14.7. The van der Waals surface area contributed by atoms with E-state index in [0.717, 1.165) is 36.5 Å². The Balaban J connectivity index is 1.42. The van der Waals surface area contributed by atoms with Crippen LogP contribution in [0.15, 0.2) is 60.9 Å². The van der Waals surface area contributed by atoms with E-state index in [0.29, 0.717) is 17.8 Å². The first-order valence-electron chi connectivity index (χ1n) is 10.0. The fourth-order valence-corrected chi connectivity index (χ4v) is 3.63. The molecule has 1 aromatic carbocycles. The number of anilines is 2. The molecule has 3 heterocycles. The van der Waals surface area contributed by atoms with Crippen LogP contribution in [0.4, 0.5) is 11.5 Å². The van der Waals surface area contributed by atoms with Crippen LogP contribution >= 0.6 is 0 Å². The number of nitrogens with zero attached hydrogens (tertiary/aromatic N) is 4. The molecular weight excluding hydrogens is 378 g/mol. The quantitative estimate of drug-likeness (QED) is 0.657. The average molecular weight is 401 g/mol. The molecule has 1 saturated heterocycles. The molecule has 4 rings (SSSR count). The number of pyridine rings is 1. The Hall–Kier alpha value is -3.61. The molecule has 1 fully saturated rings. The molecular formula is C23H23N5O2. The van der Waals surface area contributed by atoms with Crippen molar-refractivity contribution in [1.82, 2.24) is 15.2 Å². The molecule has 30 heavy (non-hydrogen) atoms. The topological polar surface area (TPSA) is 88.1 Å². The fourth-order valence-electron chi connectivity index (χ4n) is 3.63. The zero-order valence-corrected chi connectivity index (χ0v) is 16.8. The largest absolute Gasteiger partial charge is 0.354 e. The zero-order chi connectivity index (χ0) is 20.9. The van der Waals surface area contributed by atoms with E-state index in [4.69, 9.17) is 0 Å². The molecule has 152 valence electrons. The maximum Gasteiger partial charge on any atom is 0.229 e. The number of rotatable bonds is 5. The normalized spacial score (nSPS) is 16.2. The number of nitrogens with one attached hydrogen (secondary N) is 1. The van der Waals surface area contributed by atoms with Gasteiger partial charge < -0.3 is 10.2 Å². The second-order valence-electron chi connectivity index (χ2n) is 7.42. The van der Waals surface area contributed by atoms with Crippen molar-refractivity contribution in [2.45, 2.75) is 19.8 Å². The molecule has 1 amide bonds. The van der Waals surface area contributed by atoms with E-state index in [1.54, 1.807) is 36.7 Å². The predicted octanol–water partition coefficient (Wildman–Crippen LogP) is 3.60. The monoisotopic (exact) mass is 401 g/mol. The Morgan fingerprint density at radius 3 is 2.63 bits per heavy atom. The third-order valence-corrected chi connectivity index (χ3v) is 5.28. The maximum atomic E-state index is 12.8. The van der Waals surface area contributed by atoms with Gasteiger partial charge in [0.1, 0.15) is 0 Å². The minimum absolute atomic E-state index is 0.0243. The lowest BCUT2D eigenvalue weighted by molar-refractivity contribution is -0.120. The molecule has 0 spiro atoms. The molecule has 0 saturated carbocycles. The maximum absolute atomic E-state index is 12.8. The van der Waals surface area contributed by atoms with E-state index < -0.39 is 0 Å².